The van der Waals surface area contributed by atoms with E-state index in [1.807, 2.05) is 30.5 Å². The molecule has 31 heavy (non-hydrogen) atoms. The fourth-order valence-corrected chi connectivity index (χ4v) is 3.65. The van der Waals surface area contributed by atoms with Crippen LogP contribution in [0.2, 0.25) is 0 Å². The predicted octanol–water partition coefficient (Wildman–Crippen LogP) is 4.84. The minimum absolute atomic E-state index is 0.0334. The van der Waals surface area contributed by atoms with Crippen molar-refractivity contribution >= 4 is 29.5 Å². The van der Waals surface area contributed by atoms with Crippen molar-refractivity contribution in [1.29, 1.82) is 0 Å². The molecule has 1 saturated carbocycles. The number of oxime groups is 1. The number of pyridine rings is 1. The van der Waals surface area contributed by atoms with Crippen molar-refractivity contribution in [1.82, 2.24) is 4.98 Å². The number of allylic oxidation sites excluding steroid dienone is 2. The van der Waals surface area contributed by atoms with Crippen LogP contribution in [0.25, 0.3) is 0 Å². The fraction of sp³-hybridized carbons (Fsp3) is 0.304. The lowest BCUT2D eigenvalue weighted by atomic mass is 9.81. The Morgan fingerprint density at radius 1 is 1.19 bits per heavy atom. The highest BCUT2D eigenvalue weighted by atomic mass is 32.2. The molecule has 0 radical (unpaired) electrons. The fourth-order valence-electron chi connectivity index (χ4n) is 3.24. The highest BCUT2D eigenvalue weighted by Crippen LogP contribution is 2.33. The third kappa shape index (κ3) is 5.95. The Balaban J connectivity index is 1.71. The first-order valence-corrected chi connectivity index (χ1v) is 11.2. The first-order chi connectivity index (χ1) is 15.0. The smallest absolute Gasteiger partial charge is 0.219 e. The zero-order valence-electron chi connectivity index (χ0n) is 17.4. The van der Waals surface area contributed by atoms with Crippen molar-refractivity contribution in [2.24, 2.45) is 5.16 Å². The lowest BCUT2D eigenvalue weighted by Crippen LogP contribution is -2.26. The molecular weight excluding hydrogens is 416 g/mol. The summed E-state index contributed by atoms with van der Waals surface area (Å²) in [6.07, 6.45) is 3.47. The average Bonchev–Trinajstić information content (AvgIpc) is 2.77. The number of rotatable bonds is 8. The highest BCUT2D eigenvalue weighted by Gasteiger charge is 2.34. The van der Waals surface area contributed by atoms with E-state index in [1.165, 1.54) is 6.21 Å². The quantitative estimate of drug-likeness (QED) is 0.157. The Labute approximate surface area is 185 Å². The first-order valence-electron chi connectivity index (χ1n) is 9.93. The van der Waals surface area contributed by atoms with Gasteiger partial charge in [-0.1, -0.05) is 11.2 Å². The number of ether oxygens (including phenoxy) is 1. The Bertz CT molecular complexity index is 981. The summed E-state index contributed by atoms with van der Waals surface area (Å²) in [6, 6.07) is 12.9. The van der Waals surface area contributed by atoms with Crippen LogP contribution in [0, 0.1) is 0 Å². The van der Waals surface area contributed by atoms with Gasteiger partial charge in [-0.3, -0.25) is 9.59 Å². The monoisotopic (exact) mass is 440 g/mol. The van der Waals surface area contributed by atoms with Gasteiger partial charge in [0.1, 0.15) is 18.1 Å². The van der Waals surface area contributed by atoms with E-state index in [1.54, 1.807) is 36.9 Å². The van der Waals surface area contributed by atoms with Gasteiger partial charge in [-0.05, 0) is 43.5 Å². The summed E-state index contributed by atoms with van der Waals surface area (Å²) in [4.78, 5) is 35.6. The minimum atomic E-state index is -0.399. The zero-order chi connectivity index (χ0) is 22.2. The average molecular weight is 441 g/mol. The predicted molar refractivity (Wildman–Crippen MR) is 119 cm³/mol. The number of benzene rings is 1. The van der Waals surface area contributed by atoms with Crippen molar-refractivity contribution in [2.45, 2.75) is 37.0 Å². The van der Waals surface area contributed by atoms with Gasteiger partial charge in [0.25, 0.3) is 0 Å². The van der Waals surface area contributed by atoms with Crippen LogP contribution in [-0.4, -0.2) is 40.7 Å². The van der Waals surface area contributed by atoms with Gasteiger partial charge in [-0.25, -0.2) is 4.98 Å². The molecule has 1 aliphatic carbocycles. The van der Waals surface area contributed by atoms with E-state index in [0.717, 1.165) is 4.90 Å². The van der Waals surface area contributed by atoms with E-state index in [0.29, 0.717) is 23.9 Å². The van der Waals surface area contributed by atoms with Crippen molar-refractivity contribution in [3.8, 4) is 11.6 Å². The summed E-state index contributed by atoms with van der Waals surface area (Å²) in [5.41, 5.74) is 0.455. The van der Waals surface area contributed by atoms with E-state index in [9.17, 15) is 14.7 Å². The van der Waals surface area contributed by atoms with Crippen LogP contribution >= 0.6 is 11.8 Å². The van der Waals surface area contributed by atoms with E-state index in [2.05, 4.69) is 10.1 Å². The molecule has 2 aromatic rings. The lowest BCUT2D eigenvalue weighted by molar-refractivity contribution is -0.124. The molecule has 1 fully saturated rings. The van der Waals surface area contributed by atoms with Crippen LogP contribution in [0.5, 0.6) is 11.6 Å². The molecule has 3 rings (SSSR count). The van der Waals surface area contributed by atoms with Gasteiger partial charge in [0, 0.05) is 41.8 Å². The number of hydrogen-bond acceptors (Lipinski definition) is 8. The number of Topliss-reactive ketones (excluding diaryl/α,β-unsaturated/α-hetero) is 2. The molecule has 1 aromatic heterocycles. The molecule has 1 aliphatic rings. The molecule has 8 heteroatoms. The summed E-state index contributed by atoms with van der Waals surface area (Å²) in [6.45, 7) is 2.17. The summed E-state index contributed by atoms with van der Waals surface area (Å²) in [5, 5.41) is 13.8. The lowest BCUT2D eigenvalue weighted by Gasteiger charge is -2.22. The molecule has 1 N–H and O–H groups in total. The molecule has 0 atom stereocenters. The molecule has 1 aromatic carbocycles. The van der Waals surface area contributed by atoms with Gasteiger partial charge in [0.2, 0.25) is 5.88 Å². The van der Waals surface area contributed by atoms with Crippen molar-refractivity contribution in [2.75, 3.05) is 12.9 Å². The van der Waals surface area contributed by atoms with E-state index in [-0.39, 0.29) is 36.5 Å². The summed E-state index contributed by atoms with van der Waals surface area (Å²) < 4.78 is 5.82. The van der Waals surface area contributed by atoms with Crippen LogP contribution in [0.15, 0.2) is 63.8 Å². The van der Waals surface area contributed by atoms with Gasteiger partial charge < -0.3 is 14.7 Å². The first kappa shape index (κ1) is 22.6. The van der Waals surface area contributed by atoms with Crippen molar-refractivity contribution < 1.29 is 24.3 Å². The number of aliphatic hydroxyl groups is 1. The number of carbonyl (C=O) groups is 2. The maximum absolute atomic E-state index is 12.6. The second kappa shape index (κ2) is 10.8. The molecule has 0 amide bonds. The van der Waals surface area contributed by atoms with Crippen molar-refractivity contribution in [3.63, 3.8) is 0 Å². The summed E-state index contributed by atoms with van der Waals surface area (Å²) in [7, 11) is 0. The Morgan fingerprint density at radius 3 is 2.55 bits per heavy atom. The second-order valence-electron chi connectivity index (χ2n) is 6.86. The van der Waals surface area contributed by atoms with E-state index >= 15 is 0 Å². The zero-order valence-corrected chi connectivity index (χ0v) is 18.2. The third-order valence-corrected chi connectivity index (χ3v) is 5.46. The Hall–Kier alpha value is -3.13. The largest absolute Gasteiger partial charge is 0.511 e. The standard InChI is InChI=1S/C23H24N2O5S/c1-3-29-24-12-11-19(26)23-20(27)13-15(14-21(23)28)18-5-4-6-22(25-18)30-16-7-9-17(31-2)10-8-16/h4-10,12,15,26H,3,11,13-14H2,1-2H3. The van der Waals surface area contributed by atoms with Crippen LogP contribution in [0.4, 0.5) is 0 Å². The minimum Gasteiger partial charge on any atom is -0.511 e. The molecule has 0 unspecified atom stereocenters. The Kier molecular flexibility index (Phi) is 7.83. The number of aromatic nitrogens is 1. The number of nitrogens with zero attached hydrogens (tertiary/aromatic N) is 2. The van der Waals surface area contributed by atoms with Crippen LogP contribution in [0.3, 0.4) is 0 Å². The summed E-state index contributed by atoms with van der Waals surface area (Å²) in [5.74, 6) is -0.395. The molecule has 0 spiro atoms. The molecular formula is C23H24N2O5S. The van der Waals surface area contributed by atoms with E-state index < -0.39 is 11.6 Å². The molecule has 0 saturated heterocycles. The molecule has 0 aliphatic heterocycles. The number of aliphatic hydroxyl groups excluding tert-OH is 1. The topological polar surface area (TPSA) is 98.1 Å². The molecule has 1 heterocycles. The number of thioether (sulfide) groups is 1. The van der Waals surface area contributed by atoms with Crippen LogP contribution in [0.1, 0.15) is 37.8 Å². The SMILES string of the molecule is CCON=CCC(O)=C1C(=O)CC(c2cccc(Oc3ccc(SC)cc3)n2)CC1=O. The van der Waals surface area contributed by atoms with Crippen LogP contribution in [-0.2, 0) is 14.4 Å². The second-order valence-corrected chi connectivity index (χ2v) is 7.74. The molecule has 0 bridgehead atoms. The normalized spacial score (nSPS) is 16.6. The van der Waals surface area contributed by atoms with Gasteiger partial charge in [-0.2, -0.15) is 0 Å². The Morgan fingerprint density at radius 2 is 1.90 bits per heavy atom. The van der Waals surface area contributed by atoms with E-state index in [4.69, 9.17) is 9.57 Å². The van der Waals surface area contributed by atoms with Gasteiger partial charge in [0.05, 0.1) is 11.8 Å². The van der Waals surface area contributed by atoms with Crippen molar-refractivity contribution in [3.05, 3.63) is 59.5 Å². The van der Waals surface area contributed by atoms with Gasteiger partial charge >= 0.3 is 0 Å². The molecule has 162 valence electrons. The number of hydrogen-bond donors (Lipinski definition) is 1. The molecule has 7 nitrogen and oxygen atoms in total. The van der Waals surface area contributed by atoms with Gasteiger partial charge in [-0.15, -0.1) is 11.8 Å². The highest BCUT2D eigenvalue weighted by molar-refractivity contribution is 7.98. The maximum Gasteiger partial charge on any atom is 0.219 e. The van der Waals surface area contributed by atoms with Crippen LogP contribution < -0.4 is 4.74 Å². The third-order valence-electron chi connectivity index (χ3n) is 4.72. The number of carbonyl (C=O) groups excluding carboxylic acids is 2. The summed E-state index contributed by atoms with van der Waals surface area (Å²) >= 11 is 1.64. The van der Waals surface area contributed by atoms with Gasteiger partial charge in [0.15, 0.2) is 11.6 Å². The number of ketones is 2. The maximum atomic E-state index is 12.6.